The Hall–Kier alpha value is -2.04. The molecule has 0 radical (unpaired) electrons. The average molecular weight is 265 g/mol. The van der Waals surface area contributed by atoms with Crippen LogP contribution in [0.25, 0.3) is 0 Å². The van der Waals surface area contributed by atoms with Crippen molar-refractivity contribution in [3.8, 4) is 0 Å². The highest BCUT2D eigenvalue weighted by Crippen LogP contribution is 2.27. The lowest BCUT2D eigenvalue weighted by Gasteiger charge is -2.20. The van der Waals surface area contributed by atoms with Crippen LogP contribution in [0.1, 0.15) is 28.7 Å². The fourth-order valence-corrected chi connectivity index (χ4v) is 1.98. The van der Waals surface area contributed by atoms with Crippen LogP contribution in [0.2, 0.25) is 0 Å². The van der Waals surface area contributed by atoms with E-state index in [1.165, 1.54) is 0 Å². The van der Waals surface area contributed by atoms with E-state index in [1.807, 2.05) is 33.8 Å². The molecule has 0 amide bonds. The SMILES string of the molecule is Cc1cc(C)c(C)c(NC(CC(=O)O)C(=O)O)c1C. The summed E-state index contributed by atoms with van der Waals surface area (Å²) in [5, 5.41) is 20.7. The predicted molar refractivity (Wildman–Crippen MR) is 72.7 cm³/mol. The molecule has 0 spiro atoms. The summed E-state index contributed by atoms with van der Waals surface area (Å²) >= 11 is 0. The van der Waals surface area contributed by atoms with Crippen LogP contribution in [-0.4, -0.2) is 28.2 Å². The highest BCUT2D eigenvalue weighted by atomic mass is 16.4. The summed E-state index contributed by atoms with van der Waals surface area (Å²) in [7, 11) is 0. The molecule has 1 unspecified atom stereocenters. The van der Waals surface area contributed by atoms with Crippen molar-refractivity contribution in [3.05, 3.63) is 28.3 Å². The Morgan fingerprint density at radius 1 is 1.11 bits per heavy atom. The number of carbonyl (C=O) groups is 2. The summed E-state index contributed by atoms with van der Waals surface area (Å²) in [4.78, 5) is 21.8. The summed E-state index contributed by atoms with van der Waals surface area (Å²) in [6.45, 7) is 7.67. The van der Waals surface area contributed by atoms with Gasteiger partial charge in [0.15, 0.2) is 0 Å². The van der Waals surface area contributed by atoms with E-state index in [9.17, 15) is 9.59 Å². The Labute approximate surface area is 112 Å². The van der Waals surface area contributed by atoms with Gasteiger partial charge >= 0.3 is 11.9 Å². The first-order valence-electron chi connectivity index (χ1n) is 6.02. The van der Waals surface area contributed by atoms with Crippen LogP contribution in [0.5, 0.6) is 0 Å². The topological polar surface area (TPSA) is 86.6 Å². The van der Waals surface area contributed by atoms with Crippen molar-refractivity contribution >= 4 is 17.6 Å². The molecular weight excluding hydrogens is 246 g/mol. The molecule has 1 rings (SSSR count). The Kier molecular flexibility index (Phi) is 4.53. The number of hydrogen-bond donors (Lipinski definition) is 3. The molecule has 0 saturated carbocycles. The smallest absolute Gasteiger partial charge is 0.326 e. The summed E-state index contributed by atoms with van der Waals surface area (Å²) in [6, 6.07) is 0.902. The minimum absolute atomic E-state index is 0.457. The highest BCUT2D eigenvalue weighted by molar-refractivity contribution is 5.84. The lowest BCUT2D eigenvalue weighted by molar-refractivity contribution is -0.144. The Bertz CT molecular complexity index is 496. The van der Waals surface area contributed by atoms with Gasteiger partial charge in [0.05, 0.1) is 6.42 Å². The van der Waals surface area contributed by atoms with Gasteiger partial charge in [-0.3, -0.25) is 4.79 Å². The molecule has 0 saturated heterocycles. The van der Waals surface area contributed by atoms with E-state index in [1.54, 1.807) is 0 Å². The van der Waals surface area contributed by atoms with E-state index in [0.29, 0.717) is 5.69 Å². The molecule has 104 valence electrons. The zero-order chi connectivity index (χ0) is 14.7. The largest absolute Gasteiger partial charge is 0.481 e. The molecular formula is C14H19NO4. The van der Waals surface area contributed by atoms with Gasteiger partial charge in [-0.05, 0) is 49.9 Å². The maximum atomic E-state index is 11.1. The molecule has 0 aliphatic rings. The molecule has 1 aromatic rings. The molecule has 1 atom stereocenters. The number of aryl methyl sites for hydroxylation is 2. The van der Waals surface area contributed by atoms with Crippen molar-refractivity contribution < 1.29 is 19.8 Å². The van der Waals surface area contributed by atoms with Crippen LogP contribution in [-0.2, 0) is 9.59 Å². The fourth-order valence-electron chi connectivity index (χ4n) is 1.98. The second-order valence-corrected chi connectivity index (χ2v) is 4.77. The third-order valence-electron chi connectivity index (χ3n) is 3.36. The van der Waals surface area contributed by atoms with Crippen LogP contribution >= 0.6 is 0 Å². The van der Waals surface area contributed by atoms with E-state index in [-0.39, 0.29) is 0 Å². The zero-order valence-corrected chi connectivity index (χ0v) is 11.6. The van der Waals surface area contributed by atoms with Crippen molar-refractivity contribution in [1.29, 1.82) is 0 Å². The van der Waals surface area contributed by atoms with Crippen LogP contribution in [0.15, 0.2) is 6.07 Å². The first-order chi connectivity index (χ1) is 8.73. The fraction of sp³-hybridized carbons (Fsp3) is 0.429. The van der Waals surface area contributed by atoms with Gasteiger partial charge in [-0.25, -0.2) is 4.79 Å². The number of carboxylic acids is 2. The molecule has 5 nitrogen and oxygen atoms in total. The molecule has 0 aromatic heterocycles. The Morgan fingerprint density at radius 3 is 1.95 bits per heavy atom. The van der Waals surface area contributed by atoms with Gasteiger partial charge in [0.1, 0.15) is 6.04 Å². The molecule has 0 heterocycles. The molecule has 0 bridgehead atoms. The normalized spacial score (nSPS) is 12.0. The maximum Gasteiger partial charge on any atom is 0.326 e. The summed E-state index contributed by atoms with van der Waals surface area (Å²) in [6.07, 6.45) is -0.457. The van der Waals surface area contributed by atoms with E-state index < -0.39 is 24.4 Å². The third-order valence-corrected chi connectivity index (χ3v) is 3.36. The highest BCUT2D eigenvalue weighted by Gasteiger charge is 2.22. The van der Waals surface area contributed by atoms with Crippen molar-refractivity contribution in [2.75, 3.05) is 5.32 Å². The van der Waals surface area contributed by atoms with Crippen molar-refractivity contribution in [2.45, 2.75) is 40.2 Å². The number of hydrogen-bond acceptors (Lipinski definition) is 3. The number of benzene rings is 1. The third kappa shape index (κ3) is 3.47. The van der Waals surface area contributed by atoms with Gasteiger partial charge < -0.3 is 15.5 Å². The first kappa shape index (κ1) is 15.0. The first-order valence-corrected chi connectivity index (χ1v) is 6.02. The van der Waals surface area contributed by atoms with Crippen LogP contribution in [0, 0.1) is 27.7 Å². The maximum absolute atomic E-state index is 11.1. The second kappa shape index (κ2) is 5.73. The number of nitrogens with one attached hydrogen (secondary N) is 1. The Morgan fingerprint density at radius 2 is 1.58 bits per heavy atom. The van der Waals surface area contributed by atoms with Gasteiger partial charge in [0.25, 0.3) is 0 Å². The van der Waals surface area contributed by atoms with E-state index in [4.69, 9.17) is 10.2 Å². The number of carboxylic acid groups (broad SMARTS) is 2. The van der Waals surface area contributed by atoms with E-state index in [2.05, 4.69) is 5.32 Å². The summed E-state index contributed by atoms with van der Waals surface area (Å²) in [5.41, 5.74) is 4.70. The molecule has 0 aliphatic carbocycles. The van der Waals surface area contributed by atoms with E-state index >= 15 is 0 Å². The van der Waals surface area contributed by atoms with Gasteiger partial charge in [0.2, 0.25) is 0 Å². The lowest BCUT2D eigenvalue weighted by atomic mass is 9.98. The molecule has 3 N–H and O–H groups in total. The zero-order valence-electron chi connectivity index (χ0n) is 11.6. The van der Waals surface area contributed by atoms with Gasteiger partial charge in [-0.15, -0.1) is 0 Å². The molecule has 1 aromatic carbocycles. The summed E-state index contributed by atoms with van der Waals surface area (Å²) < 4.78 is 0. The average Bonchev–Trinajstić information content (AvgIpc) is 2.30. The van der Waals surface area contributed by atoms with Gasteiger partial charge in [0, 0.05) is 5.69 Å². The van der Waals surface area contributed by atoms with Crippen LogP contribution < -0.4 is 5.32 Å². The second-order valence-electron chi connectivity index (χ2n) is 4.77. The Balaban J connectivity index is 3.16. The molecule has 0 fully saturated rings. The summed E-state index contributed by atoms with van der Waals surface area (Å²) in [5.74, 6) is -2.31. The number of aliphatic carboxylic acids is 2. The van der Waals surface area contributed by atoms with Gasteiger partial charge in [-0.2, -0.15) is 0 Å². The standard InChI is InChI=1S/C14H19NO4/c1-7-5-8(2)10(4)13(9(7)3)15-11(14(18)19)6-12(16)17/h5,11,15H,6H2,1-4H3,(H,16,17)(H,18,19). The molecule has 19 heavy (non-hydrogen) atoms. The number of rotatable bonds is 5. The predicted octanol–water partition coefficient (Wildman–Crippen LogP) is 2.26. The van der Waals surface area contributed by atoms with Gasteiger partial charge in [-0.1, -0.05) is 6.07 Å². The minimum atomic E-state index is -1.17. The lowest BCUT2D eigenvalue weighted by Crippen LogP contribution is -2.32. The molecule has 0 aliphatic heterocycles. The van der Waals surface area contributed by atoms with Crippen molar-refractivity contribution in [1.82, 2.24) is 0 Å². The van der Waals surface area contributed by atoms with Crippen LogP contribution in [0.3, 0.4) is 0 Å². The molecule has 5 heteroatoms. The monoisotopic (exact) mass is 265 g/mol. The van der Waals surface area contributed by atoms with Crippen molar-refractivity contribution in [2.24, 2.45) is 0 Å². The van der Waals surface area contributed by atoms with Crippen LogP contribution in [0.4, 0.5) is 5.69 Å². The van der Waals surface area contributed by atoms with E-state index in [0.717, 1.165) is 22.3 Å². The van der Waals surface area contributed by atoms with Crippen molar-refractivity contribution in [3.63, 3.8) is 0 Å². The number of anilines is 1. The minimum Gasteiger partial charge on any atom is -0.481 e. The quantitative estimate of drug-likeness (QED) is 0.760.